The van der Waals surface area contributed by atoms with Gasteiger partial charge in [-0.05, 0) is 37.3 Å². The van der Waals surface area contributed by atoms with Crippen LogP contribution in [0.1, 0.15) is 17.3 Å². The second-order valence-corrected chi connectivity index (χ2v) is 8.28. The average Bonchev–Trinajstić information content (AvgIpc) is 2.72. The van der Waals surface area contributed by atoms with Crippen molar-refractivity contribution in [3.63, 3.8) is 0 Å². The lowest BCUT2D eigenvalue weighted by molar-refractivity contribution is -0.141. The number of hydrogen-bond acceptors (Lipinski definition) is 6. The van der Waals surface area contributed by atoms with Crippen molar-refractivity contribution in [2.75, 3.05) is 31.0 Å². The molecule has 1 unspecified atom stereocenters. The molecule has 2 aromatic carbocycles. The van der Waals surface area contributed by atoms with Crippen LogP contribution >= 0.6 is 0 Å². The molecule has 154 valence electrons. The van der Waals surface area contributed by atoms with Gasteiger partial charge in [-0.25, -0.2) is 13.2 Å². The zero-order valence-electron chi connectivity index (χ0n) is 15.9. The summed E-state index contributed by atoms with van der Waals surface area (Å²) in [7, 11) is -3.78. The summed E-state index contributed by atoms with van der Waals surface area (Å²) in [6, 6.07) is 13.8. The Kier molecular flexibility index (Phi) is 6.50. The zero-order chi connectivity index (χ0) is 20.9. The van der Waals surface area contributed by atoms with E-state index in [-0.39, 0.29) is 34.8 Å². The largest absolute Gasteiger partial charge is 0.452 e. The number of benzene rings is 2. The number of anilines is 1. The topological polar surface area (TPSA) is 102 Å². The summed E-state index contributed by atoms with van der Waals surface area (Å²) in [5, 5.41) is 0. The first kappa shape index (κ1) is 20.8. The quantitative estimate of drug-likeness (QED) is 0.719. The van der Waals surface area contributed by atoms with Crippen LogP contribution in [0.3, 0.4) is 0 Å². The van der Waals surface area contributed by atoms with Crippen molar-refractivity contribution in [3.05, 3.63) is 60.2 Å². The molecule has 1 heterocycles. The van der Waals surface area contributed by atoms with Crippen LogP contribution in [0, 0.1) is 0 Å². The van der Waals surface area contributed by atoms with Gasteiger partial charge < -0.3 is 14.4 Å². The predicted molar refractivity (Wildman–Crippen MR) is 106 cm³/mol. The highest BCUT2D eigenvalue weighted by atomic mass is 32.2. The Morgan fingerprint density at radius 1 is 1.17 bits per heavy atom. The Balaban J connectivity index is 1.61. The molecule has 1 saturated heterocycles. The number of hydrogen-bond donors (Lipinski definition) is 1. The molecule has 1 N–H and O–H groups in total. The summed E-state index contributed by atoms with van der Waals surface area (Å²) < 4.78 is 37.7. The van der Waals surface area contributed by atoms with Gasteiger partial charge in [0.05, 0.1) is 23.2 Å². The van der Waals surface area contributed by atoms with Gasteiger partial charge in [0.2, 0.25) is 0 Å². The van der Waals surface area contributed by atoms with E-state index in [0.717, 1.165) is 0 Å². The van der Waals surface area contributed by atoms with Gasteiger partial charge in [-0.3, -0.25) is 9.52 Å². The minimum Gasteiger partial charge on any atom is -0.452 e. The normalized spacial score (nSPS) is 16.9. The summed E-state index contributed by atoms with van der Waals surface area (Å²) in [4.78, 5) is 26.2. The molecule has 0 saturated carbocycles. The van der Waals surface area contributed by atoms with Crippen LogP contribution in [-0.4, -0.2) is 57.6 Å². The first-order valence-corrected chi connectivity index (χ1v) is 10.6. The van der Waals surface area contributed by atoms with E-state index in [1.54, 1.807) is 23.1 Å². The fraction of sp³-hybridized carbons (Fsp3) is 0.300. The minimum absolute atomic E-state index is 0.0577. The molecular weight excluding hydrogens is 396 g/mol. The lowest BCUT2D eigenvalue weighted by atomic mass is 10.2. The summed E-state index contributed by atoms with van der Waals surface area (Å²) in [6.45, 7) is 2.84. The molecule has 8 nitrogen and oxygen atoms in total. The number of carbonyl (C=O) groups excluding carboxylic acids is 2. The van der Waals surface area contributed by atoms with E-state index in [1.165, 1.54) is 36.4 Å². The molecule has 1 aliphatic heterocycles. The molecule has 3 rings (SSSR count). The number of morpholine rings is 1. The van der Waals surface area contributed by atoms with Crippen LogP contribution in [0.4, 0.5) is 5.69 Å². The fourth-order valence-corrected chi connectivity index (χ4v) is 3.94. The molecule has 1 amide bonds. The van der Waals surface area contributed by atoms with Crippen molar-refractivity contribution in [1.29, 1.82) is 0 Å². The van der Waals surface area contributed by atoms with Crippen LogP contribution in [0.2, 0.25) is 0 Å². The fourth-order valence-electron chi connectivity index (χ4n) is 2.87. The molecule has 2 aromatic rings. The second-order valence-electron chi connectivity index (χ2n) is 6.60. The highest BCUT2D eigenvalue weighted by Gasteiger charge is 2.22. The van der Waals surface area contributed by atoms with Crippen LogP contribution in [-0.2, 0) is 24.3 Å². The van der Waals surface area contributed by atoms with Crippen molar-refractivity contribution < 1.29 is 27.5 Å². The van der Waals surface area contributed by atoms with Crippen molar-refractivity contribution in [2.24, 2.45) is 0 Å². The van der Waals surface area contributed by atoms with E-state index in [9.17, 15) is 18.0 Å². The van der Waals surface area contributed by atoms with Crippen molar-refractivity contribution in [3.8, 4) is 0 Å². The molecule has 0 radical (unpaired) electrons. The van der Waals surface area contributed by atoms with Crippen LogP contribution in [0.15, 0.2) is 59.5 Å². The number of rotatable bonds is 6. The average molecular weight is 418 g/mol. The Labute approximate surface area is 169 Å². The molecule has 1 aliphatic rings. The van der Waals surface area contributed by atoms with Crippen LogP contribution < -0.4 is 4.72 Å². The van der Waals surface area contributed by atoms with Gasteiger partial charge in [0.1, 0.15) is 0 Å². The Morgan fingerprint density at radius 2 is 1.93 bits per heavy atom. The third kappa shape index (κ3) is 5.55. The lowest BCUT2D eigenvalue weighted by Crippen LogP contribution is -2.46. The van der Waals surface area contributed by atoms with Crippen molar-refractivity contribution in [1.82, 2.24) is 4.90 Å². The summed E-state index contributed by atoms with van der Waals surface area (Å²) >= 11 is 0. The molecule has 0 aromatic heterocycles. The maximum absolute atomic E-state index is 12.4. The van der Waals surface area contributed by atoms with Gasteiger partial charge in [-0.2, -0.15) is 0 Å². The van der Waals surface area contributed by atoms with E-state index >= 15 is 0 Å². The number of carbonyl (C=O) groups is 2. The van der Waals surface area contributed by atoms with Gasteiger partial charge in [0.15, 0.2) is 6.61 Å². The molecule has 1 atom stereocenters. The van der Waals surface area contributed by atoms with Crippen LogP contribution in [0.5, 0.6) is 0 Å². The van der Waals surface area contributed by atoms with Crippen molar-refractivity contribution in [2.45, 2.75) is 17.9 Å². The lowest BCUT2D eigenvalue weighted by Gasteiger charge is -2.30. The van der Waals surface area contributed by atoms with E-state index in [0.29, 0.717) is 19.7 Å². The van der Waals surface area contributed by atoms with E-state index < -0.39 is 16.0 Å². The van der Waals surface area contributed by atoms with E-state index in [2.05, 4.69) is 4.72 Å². The molecule has 9 heteroatoms. The molecule has 0 bridgehead atoms. The predicted octanol–water partition coefficient (Wildman–Crippen LogP) is 1.89. The summed E-state index contributed by atoms with van der Waals surface area (Å²) in [5.74, 6) is -1.00. The SMILES string of the molecule is CC1CN(C(=O)COC(=O)c2cccc(NS(=O)(=O)c3ccccc3)c2)CCO1. The Hall–Kier alpha value is -2.91. The van der Waals surface area contributed by atoms with Gasteiger partial charge in [0.25, 0.3) is 15.9 Å². The second kappa shape index (κ2) is 9.06. The molecular formula is C20H22N2O6S. The standard InChI is InChI=1S/C20H22N2O6S/c1-15-13-22(10-11-27-15)19(23)14-28-20(24)16-6-5-7-17(12-16)21-29(25,26)18-8-3-2-4-9-18/h2-9,12,15,21H,10-11,13-14H2,1H3. The highest BCUT2D eigenvalue weighted by Crippen LogP contribution is 2.17. The first-order valence-electron chi connectivity index (χ1n) is 9.09. The number of nitrogens with zero attached hydrogens (tertiary/aromatic N) is 1. The maximum Gasteiger partial charge on any atom is 0.338 e. The Morgan fingerprint density at radius 3 is 2.66 bits per heavy atom. The number of amides is 1. The van der Waals surface area contributed by atoms with Gasteiger partial charge in [-0.15, -0.1) is 0 Å². The van der Waals surface area contributed by atoms with E-state index in [4.69, 9.17) is 9.47 Å². The van der Waals surface area contributed by atoms with Crippen LogP contribution in [0.25, 0.3) is 0 Å². The molecule has 0 aliphatic carbocycles. The number of sulfonamides is 1. The molecule has 0 spiro atoms. The third-order valence-electron chi connectivity index (χ3n) is 4.32. The summed E-state index contributed by atoms with van der Waals surface area (Å²) in [5.41, 5.74) is 0.359. The Bertz CT molecular complexity index is 977. The van der Waals surface area contributed by atoms with E-state index in [1.807, 2.05) is 6.92 Å². The maximum atomic E-state index is 12.4. The molecule has 1 fully saturated rings. The van der Waals surface area contributed by atoms with Gasteiger partial charge >= 0.3 is 5.97 Å². The zero-order valence-corrected chi connectivity index (χ0v) is 16.7. The summed E-state index contributed by atoms with van der Waals surface area (Å²) in [6.07, 6.45) is -0.0577. The molecule has 29 heavy (non-hydrogen) atoms. The number of esters is 1. The highest BCUT2D eigenvalue weighted by molar-refractivity contribution is 7.92. The van der Waals surface area contributed by atoms with Gasteiger partial charge in [-0.1, -0.05) is 24.3 Å². The third-order valence-corrected chi connectivity index (χ3v) is 5.72. The minimum atomic E-state index is -3.78. The smallest absolute Gasteiger partial charge is 0.338 e. The van der Waals surface area contributed by atoms with Gasteiger partial charge in [0, 0.05) is 18.8 Å². The number of ether oxygens (including phenoxy) is 2. The monoisotopic (exact) mass is 418 g/mol. The number of nitrogens with one attached hydrogen (secondary N) is 1. The van der Waals surface area contributed by atoms with Crippen molar-refractivity contribution >= 4 is 27.6 Å². The first-order chi connectivity index (χ1) is 13.8.